The molecule has 2 amide bonds. The summed E-state index contributed by atoms with van der Waals surface area (Å²) in [7, 11) is -3.75. The van der Waals surface area contributed by atoms with E-state index >= 15 is 0 Å². The fourth-order valence-corrected chi connectivity index (χ4v) is 7.34. The Morgan fingerprint density at radius 1 is 1.09 bits per heavy atom. The van der Waals surface area contributed by atoms with Gasteiger partial charge in [0.1, 0.15) is 0 Å². The van der Waals surface area contributed by atoms with Crippen LogP contribution in [0.15, 0.2) is 53.4 Å². The van der Waals surface area contributed by atoms with Crippen molar-refractivity contribution < 1.29 is 37.5 Å². The molecule has 1 unspecified atom stereocenters. The highest BCUT2D eigenvalue weighted by molar-refractivity contribution is 7.91. The normalized spacial score (nSPS) is 16.6. The van der Waals surface area contributed by atoms with E-state index in [-0.39, 0.29) is 36.3 Å². The number of hydrogen-bond acceptors (Lipinski definition) is 9. The zero-order valence-corrected chi connectivity index (χ0v) is 27.6. The Balaban J connectivity index is 2.00. The Morgan fingerprint density at radius 2 is 1.75 bits per heavy atom. The van der Waals surface area contributed by atoms with Gasteiger partial charge < -0.3 is 14.7 Å². The van der Waals surface area contributed by atoms with Gasteiger partial charge in [0.15, 0.2) is 21.3 Å². The van der Waals surface area contributed by atoms with E-state index in [0.717, 1.165) is 15.8 Å². The Morgan fingerprint density at radius 3 is 2.34 bits per heavy atom. The van der Waals surface area contributed by atoms with Crippen LogP contribution < -0.4 is 14.9 Å². The lowest BCUT2D eigenvalue weighted by Gasteiger charge is -2.48. The number of amides is 2. The van der Waals surface area contributed by atoms with Gasteiger partial charge in [-0.3, -0.25) is 9.59 Å². The molecule has 0 saturated carbocycles. The number of carbonyl (C=O) groups excluding carboxylic acids is 2. The molecule has 2 N–H and O–H groups in total. The number of sulfone groups is 1. The van der Waals surface area contributed by atoms with Gasteiger partial charge in [-0.15, -0.1) is 5.17 Å². The van der Waals surface area contributed by atoms with Crippen LogP contribution in [0, 0.1) is 17.8 Å². The molecular formula is C32H47N3O8S. The van der Waals surface area contributed by atoms with Crippen molar-refractivity contribution in [3.8, 4) is 11.5 Å². The maximum Gasteiger partial charge on any atom is 0.272 e. The molecule has 2 aromatic rings. The number of benzene rings is 2. The van der Waals surface area contributed by atoms with Crippen molar-refractivity contribution in [2.45, 2.75) is 83.8 Å². The minimum Gasteiger partial charge on any atom is -0.454 e. The molecule has 11 nitrogen and oxygen atoms in total. The van der Waals surface area contributed by atoms with Crippen LogP contribution in [0.3, 0.4) is 0 Å². The van der Waals surface area contributed by atoms with Gasteiger partial charge in [0.2, 0.25) is 13.2 Å². The predicted octanol–water partition coefficient (Wildman–Crippen LogP) is 4.79. The van der Waals surface area contributed by atoms with E-state index in [1.165, 1.54) is 12.1 Å². The van der Waals surface area contributed by atoms with Gasteiger partial charge in [-0.25, -0.2) is 18.7 Å². The van der Waals surface area contributed by atoms with Crippen molar-refractivity contribution in [1.82, 2.24) is 15.7 Å². The van der Waals surface area contributed by atoms with E-state index in [9.17, 15) is 23.2 Å². The van der Waals surface area contributed by atoms with Gasteiger partial charge >= 0.3 is 0 Å². The summed E-state index contributed by atoms with van der Waals surface area (Å²) in [5.41, 5.74) is 1.28. The quantitative estimate of drug-likeness (QED) is 0.198. The number of nitrogens with one attached hydrogen (secondary N) is 1. The van der Waals surface area contributed by atoms with Crippen LogP contribution in [0.1, 0.15) is 66.9 Å². The van der Waals surface area contributed by atoms with Crippen LogP contribution >= 0.6 is 0 Å². The minimum absolute atomic E-state index is 0.0336. The molecule has 244 valence electrons. The summed E-state index contributed by atoms with van der Waals surface area (Å²) >= 11 is 0. The van der Waals surface area contributed by atoms with Gasteiger partial charge in [-0.05, 0) is 63.1 Å². The van der Waals surface area contributed by atoms with Gasteiger partial charge in [-0.1, -0.05) is 64.4 Å². The minimum atomic E-state index is -3.75. The van der Waals surface area contributed by atoms with E-state index in [2.05, 4.69) is 5.43 Å². The summed E-state index contributed by atoms with van der Waals surface area (Å²) in [6.45, 7) is 12.8. The lowest BCUT2D eigenvalue weighted by Crippen LogP contribution is -2.63. The van der Waals surface area contributed by atoms with E-state index in [1.807, 2.05) is 51.1 Å². The molecule has 0 aliphatic carbocycles. The van der Waals surface area contributed by atoms with Crippen molar-refractivity contribution in [3.63, 3.8) is 0 Å². The molecule has 44 heavy (non-hydrogen) atoms. The number of hydrazine groups is 1. The van der Waals surface area contributed by atoms with Crippen LogP contribution in [0.5, 0.6) is 11.5 Å². The molecule has 0 fully saturated rings. The SMILES string of the molecule is CC[C@H](C)[C@H](C(=O)N(NC=O)OC(C)(C)C)C(CC)(Cc1ccccc1)N(O)C[C@@H](C)CS(=O)(=O)c1ccc2c(c1)OCO2. The van der Waals surface area contributed by atoms with Crippen molar-refractivity contribution in [3.05, 3.63) is 54.1 Å². The largest absolute Gasteiger partial charge is 0.454 e. The summed E-state index contributed by atoms with van der Waals surface area (Å²) in [6, 6.07) is 14.0. The second kappa shape index (κ2) is 14.7. The fourth-order valence-electron chi connectivity index (χ4n) is 5.73. The Labute approximate surface area is 261 Å². The van der Waals surface area contributed by atoms with Crippen molar-refractivity contribution >= 4 is 22.2 Å². The standard InChI is InChI=1S/C32H47N3O8S/c1-8-24(4)29(30(37)35(33-21-36)43-31(5,6)7)32(9-2,18-25-13-11-10-12-14-25)34(38)19-23(3)20-44(39,40)26-15-16-27-28(17-26)42-22-41-27/h10-17,21,23-24,29,38H,8-9,18-20,22H2,1-7H3,(H,33,36)/t23-,24+,29-,32?/m1/s1. The zero-order chi connectivity index (χ0) is 32.7. The highest BCUT2D eigenvalue weighted by Gasteiger charge is 2.51. The average molecular weight is 634 g/mol. The molecule has 4 atom stereocenters. The number of nitrogens with zero attached hydrogens (tertiary/aromatic N) is 2. The monoisotopic (exact) mass is 633 g/mol. The molecule has 2 aromatic carbocycles. The van der Waals surface area contributed by atoms with Crippen LogP contribution in [0.4, 0.5) is 0 Å². The summed E-state index contributed by atoms with van der Waals surface area (Å²) < 4.78 is 37.5. The summed E-state index contributed by atoms with van der Waals surface area (Å²) in [5, 5.41) is 14.0. The average Bonchev–Trinajstić information content (AvgIpc) is 3.44. The number of ether oxygens (including phenoxy) is 2. The Bertz CT molecular complexity index is 1370. The second-order valence-corrected chi connectivity index (χ2v) is 14.6. The predicted molar refractivity (Wildman–Crippen MR) is 165 cm³/mol. The van der Waals surface area contributed by atoms with Gasteiger partial charge in [0, 0.05) is 12.6 Å². The van der Waals surface area contributed by atoms with E-state index in [4.69, 9.17) is 14.3 Å². The number of fused-ring (bicyclic) bond motifs is 1. The van der Waals surface area contributed by atoms with Crippen molar-refractivity contribution in [1.29, 1.82) is 0 Å². The first kappa shape index (κ1) is 35.3. The lowest BCUT2D eigenvalue weighted by molar-refractivity contribution is -0.261. The summed E-state index contributed by atoms with van der Waals surface area (Å²) in [4.78, 5) is 31.8. The molecule has 1 aliphatic heterocycles. The smallest absolute Gasteiger partial charge is 0.272 e. The molecule has 12 heteroatoms. The molecule has 1 aliphatic rings. The summed E-state index contributed by atoms with van der Waals surface area (Å²) in [6.07, 6.45) is 1.60. The van der Waals surface area contributed by atoms with E-state index in [0.29, 0.717) is 30.8 Å². The Kier molecular flexibility index (Phi) is 11.8. The van der Waals surface area contributed by atoms with E-state index < -0.39 is 38.7 Å². The highest BCUT2D eigenvalue weighted by Crippen LogP contribution is 2.40. The fraction of sp³-hybridized carbons (Fsp3) is 0.562. The molecule has 0 spiro atoms. The lowest BCUT2D eigenvalue weighted by atomic mass is 9.69. The number of carbonyl (C=O) groups is 2. The first-order chi connectivity index (χ1) is 20.7. The van der Waals surface area contributed by atoms with Crippen LogP contribution in [-0.2, 0) is 30.7 Å². The zero-order valence-electron chi connectivity index (χ0n) is 26.8. The third-order valence-corrected chi connectivity index (χ3v) is 9.94. The van der Waals surface area contributed by atoms with Crippen molar-refractivity contribution in [2.24, 2.45) is 17.8 Å². The Hall–Kier alpha value is -3.19. The second-order valence-electron chi connectivity index (χ2n) is 12.5. The maximum atomic E-state index is 14.3. The molecule has 0 saturated heterocycles. The number of hydrogen-bond donors (Lipinski definition) is 2. The first-order valence-corrected chi connectivity index (χ1v) is 16.7. The van der Waals surface area contributed by atoms with E-state index in [1.54, 1.807) is 33.8 Å². The number of rotatable bonds is 16. The molecule has 0 bridgehead atoms. The third-order valence-electron chi connectivity index (χ3n) is 7.96. The van der Waals surface area contributed by atoms with Crippen LogP contribution in [0.25, 0.3) is 0 Å². The molecular weight excluding hydrogens is 586 g/mol. The molecule has 0 radical (unpaired) electrons. The van der Waals surface area contributed by atoms with Gasteiger partial charge in [0.25, 0.3) is 5.91 Å². The first-order valence-electron chi connectivity index (χ1n) is 15.0. The molecule has 0 aromatic heterocycles. The van der Waals surface area contributed by atoms with Crippen molar-refractivity contribution in [2.75, 3.05) is 19.1 Å². The van der Waals surface area contributed by atoms with Crippen LogP contribution in [0.2, 0.25) is 0 Å². The maximum absolute atomic E-state index is 14.3. The van der Waals surface area contributed by atoms with Gasteiger partial charge in [-0.2, -0.15) is 5.06 Å². The topological polar surface area (TPSA) is 135 Å². The molecule has 3 rings (SSSR count). The summed E-state index contributed by atoms with van der Waals surface area (Å²) in [5.74, 6) is -1.54. The van der Waals surface area contributed by atoms with Crippen LogP contribution in [-0.4, -0.2) is 66.4 Å². The highest BCUT2D eigenvalue weighted by atomic mass is 32.2. The molecule has 1 heterocycles. The third kappa shape index (κ3) is 8.50. The van der Waals surface area contributed by atoms with Gasteiger partial charge in [0.05, 0.1) is 27.7 Å². The number of hydroxylamine groups is 3.